The van der Waals surface area contributed by atoms with E-state index in [0.29, 0.717) is 6.54 Å². The fraction of sp³-hybridized carbons (Fsp3) is 0.448. The average molecular weight is 520 g/mol. The summed E-state index contributed by atoms with van der Waals surface area (Å²) in [6.45, 7) is 1.79. The van der Waals surface area contributed by atoms with Crippen molar-refractivity contribution in [1.82, 2.24) is 25.8 Å². The van der Waals surface area contributed by atoms with E-state index in [4.69, 9.17) is 0 Å². The number of hydrogen-bond acceptors (Lipinski definition) is 5. The van der Waals surface area contributed by atoms with Crippen LogP contribution in [0, 0.1) is 5.92 Å². The Morgan fingerprint density at radius 3 is 2.45 bits per heavy atom. The van der Waals surface area contributed by atoms with Gasteiger partial charge >= 0.3 is 0 Å². The maximum absolute atomic E-state index is 13.1. The molecule has 0 unspecified atom stereocenters. The molecule has 1 aliphatic carbocycles. The second kappa shape index (κ2) is 12.7. The van der Waals surface area contributed by atoms with Crippen LogP contribution < -0.4 is 16.0 Å². The van der Waals surface area contributed by atoms with Gasteiger partial charge in [-0.05, 0) is 49.1 Å². The van der Waals surface area contributed by atoms with Gasteiger partial charge in [0.05, 0.1) is 19.1 Å². The van der Waals surface area contributed by atoms with Gasteiger partial charge in [0.1, 0.15) is 12.6 Å². The van der Waals surface area contributed by atoms with Gasteiger partial charge in [0.25, 0.3) is 0 Å². The van der Waals surface area contributed by atoms with Gasteiger partial charge in [0.15, 0.2) is 0 Å². The molecule has 4 amide bonds. The van der Waals surface area contributed by atoms with Crippen LogP contribution in [0.2, 0.25) is 0 Å². The van der Waals surface area contributed by atoms with Crippen molar-refractivity contribution in [1.29, 1.82) is 0 Å². The number of amides is 4. The highest BCUT2D eigenvalue weighted by Crippen LogP contribution is 2.27. The molecule has 2 aromatic rings. The van der Waals surface area contributed by atoms with Gasteiger partial charge in [-0.15, -0.1) is 0 Å². The highest BCUT2D eigenvalue weighted by atomic mass is 16.2. The Balaban J connectivity index is 1.35. The third kappa shape index (κ3) is 6.58. The van der Waals surface area contributed by atoms with Crippen molar-refractivity contribution in [3.63, 3.8) is 0 Å². The Morgan fingerprint density at radius 2 is 1.71 bits per heavy atom. The van der Waals surface area contributed by atoms with E-state index in [1.807, 2.05) is 42.5 Å². The maximum Gasteiger partial charge on any atom is 0.246 e. The molecule has 202 valence electrons. The first-order chi connectivity index (χ1) is 18.4. The molecule has 9 heteroatoms. The van der Waals surface area contributed by atoms with E-state index in [9.17, 15) is 19.2 Å². The van der Waals surface area contributed by atoms with Gasteiger partial charge in [-0.1, -0.05) is 61.7 Å². The van der Waals surface area contributed by atoms with Crippen LogP contribution in [0.4, 0.5) is 0 Å². The molecule has 0 bridgehead atoms. The predicted molar refractivity (Wildman–Crippen MR) is 145 cm³/mol. The summed E-state index contributed by atoms with van der Waals surface area (Å²) < 4.78 is 0. The van der Waals surface area contributed by atoms with E-state index in [1.165, 1.54) is 4.90 Å². The minimum absolute atomic E-state index is 0.0333. The van der Waals surface area contributed by atoms with Crippen LogP contribution in [0.3, 0.4) is 0 Å². The smallest absolute Gasteiger partial charge is 0.246 e. The molecule has 3 N–H and O–H groups in total. The zero-order valence-corrected chi connectivity index (χ0v) is 22.1. The quantitative estimate of drug-likeness (QED) is 0.471. The Bertz CT molecular complexity index is 1200. The lowest BCUT2D eigenvalue weighted by atomic mass is 9.83. The number of rotatable bonds is 9. The van der Waals surface area contributed by atoms with Crippen LogP contribution in [-0.4, -0.2) is 65.6 Å². The summed E-state index contributed by atoms with van der Waals surface area (Å²) in [6, 6.07) is 12.9. The molecule has 9 nitrogen and oxygen atoms in total. The summed E-state index contributed by atoms with van der Waals surface area (Å²) >= 11 is 0. The lowest BCUT2D eigenvalue weighted by Crippen LogP contribution is -2.56. The number of carbonyl (C=O) groups is 4. The first kappa shape index (κ1) is 27.3. The largest absolute Gasteiger partial charge is 0.345 e. The number of nitrogens with one attached hydrogen (secondary N) is 3. The van der Waals surface area contributed by atoms with Gasteiger partial charge in [0, 0.05) is 12.4 Å². The third-order valence-electron chi connectivity index (χ3n) is 7.54. The lowest BCUT2D eigenvalue weighted by molar-refractivity contribution is -0.139. The van der Waals surface area contributed by atoms with Gasteiger partial charge in [-0.25, -0.2) is 0 Å². The highest BCUT2D eigenvalue weighted by Gasteiger charge is 2.32. The van der Waals surface area contributed by atoms with Crippen LogP contribution in [0.1, 0.15) is 44.6 Å². The molecule has 1 aliphatic heterocycles. The van der Waals surface area contributed by atoms with Crippen molar-refractivity contribution in [2.24, 2.45) is 5.92 Å². The minimum atomic E-state index is -0.693. The van der Waals surface area contributed by atoms with E-state index in [0.717, 1.165) is 48.4 Å². The van der Waals surface area contributed by atoms with Gasteiger partial charge in [-0.3, -0.25) is 19.2 Å². The summed E-state index contributed by atoms with van der Waals surface area (Å²) in [7, 11) is 1.69. The zero-order chi connectivity index (χ0) is 27.1. The predicted octanol–water partition coefficient (Wildman–Crippen LogP) is 2.27. The van der Waals surface area contributed by atoms with Gasteiger partial charge in [-0.2, -0.15) is 0 Å². The fourth-order valence-electron chi connectivity index (χ4n) is 5.11. The highest BCUT2D eigenvalue weighted by molar-refractivity contribution is 5.93. The molecule has 0 aromatic heterocycles. The summed E-state index contributed by atoms with van der Waals surface area (Å²) in [6.07, 6.45) is 8.05. The topological polar surface area (TPSA) is 111 Å². The summed E-state index contributed by atoms with van der Waals surface area (Å²) in [4.78, 5) is 54.2. The first-order valence-corrected chi connectivity index (χ1v) is 13.4. The fourth-order valence-corrected chi connectivity index (χ4v) is 5.11. The molecule has 1 fully saturated rings. The third-order valence-corrected chi connectivity index (χ3v) is 7.54. The molecular formula is C29H37N5O4. The van der Waals surface area contributed by atoms with Crippen LogP contribution in [-0.2, 0) is 25.7 Å². The molecule has 0 spiro atoms. The Morgan fingerprint density at radius 1 is 0.974 bits per heavy atom. The number of likely N-dealkylation sites (N-methyl/N-ethyl adjacent to an activating group) is 1. The van der Waals surface area contributed by atoms with E-state index >= 15 is 0 Å². The molecule has 38 heavy (non-hydrogen) atoms. The number of hydrogen-bond donors (Lipinski definition) is 3. The van der Waals surface area contributed by atoms with Crippen LogP contribution in [0.15, 0.2) is 54.9 Å². The zero-order valence-electron chi connectivity index (χ0n) is 22.1. The molecule has 1 saturated carbocycles. The molecule has 4 rings (SSSR count). The van der Waals surface area contributed by atoms with Gasteiger partial charge < -0.3 is 25.8 Å². The van der Waals surface area contributed by atoms with E-state index in [-0.39, 0.29) is 42.6 Å². The van der Waals surface area contributed by atoms with E-state index in [2.05, 4.69) is 16.0 Å². The molecule has 2 aliphatic rings. The molecule has 0 radical (unpaired) electrons. The van der Waals surface area contributed by atoms with Crippen molar-refractivity contribution in [2.45, 2.75) is 57.7 Å². The molecule has 2 atom stereocenters. The van der Waals surface area contributed by atoms with Crippen molar-refractivity contribution < 1.29 is 19.2 Å². The Labute approximate surface area is 223 Å². The van der Waals surface area contributed by atoms with Gasteiger partial charge in [0.2, 0.25) is 23.6 Å². The second-order valence-electron chi connectivity index (χ2n) is 10.1. The average Bonchev–Trinajstić information content (AvgIpc) is 2.95. The monoisotopic (exact) mass is 519 g/mol. The normalized spacial score (nSPS) is 17.8. The molecular weight excluding hydrogens is 482 g/mol. The van der Waals surface area contributed by atoms with Crippen LogP contribution in [0.5, 0.6) is 0 Å². The van der Waals surface area contributed by atoms with Crippen molar-refractivity contribution in [2.75, 3.05) is 20.1 Å². The molecule has 1 heterocycles. The number of carbonyl (C=O) groups excluding carboxylic acids is 4. The maximum atomic E-state index is 13.1. The summed E-state index contributed by atoms with van der Waals surface area (Å²) in [5, 5.41) is 10.7. The number of fused-ring (bicyclic) bond motifs is 1. The standard InChI is InChI=1S/C29H37N5O4/c1-20(30-2)28(37)32-27(22-10-4-3-5-11-22)29(38)31-17-25(35)34-16-15-33(26(36)19-34)18-23-13-8-12-21-9-6-7-14-24(21)23/h6-9,12-16,20,22,27,30H,3-5,10-11,17-19H2,1-2H3,(H,31,38)(H,32,37)/t20-,27-/m0/s1. The molecule has 2 aromatic carbocycles. The minimum Gasteiger partial charge on any atom is -0.345 e. The first-order valence-electron chi connectivity index (χ1n) is 13.4. The van der Waals surface area contributed by atoms with Crippen molar-refractivity contribution >= 4 is 34.4 Å². The Hall–Kier alpha value is -3.72. The second-order valence-corrected chi connectivity index (χ2v) is 10.1. The number of benzene rings is 2. The Kier molecular flexibility index (Phi) is 9.12. The number of nitrogens with zero attached hydrogens (tertiary/aromatic N) is 2. The van der Waals surface area contributed by atoms with E-state index < -0.39 is 12.1 Å². The van der Waals surface area contributed by atoms with Crippen molar-refractivity contribution in [3.8, 4) is 0 Å². The van der Waals surface area contributed by atoms with Crippen LogP contribution in [0.25, 0.3) is 10.8 Å². The summed E-state index contributed by atoms with van der Waals surface area (Å²) in [5.41, 5.74) is 1.02. The molecule has 0 saturated heterocycles. The van der Waals surface area contributed by atoms with Crippen molar-refractivity contribution in [3.05, 3.63) is 60.4 Å². The summed E-state index contributed by atoms with van der Waals surface area (Å²) in [5.74, 6) is -1.17. The SMILES string of the molecule is CN[C@@H](C)C(=O)N[C@H](C(=O)NCC(=O)N1C=CN(Cc2cccc3ccccc23)C(=O)C1)C1CCCCC1. The van der Waals surface area contributed by atoms with Crippen LogP contribution >= 0.6 is 0 Å². The van der Waals surface area contributed by atoms with E-state index in [1.54, 1.807) is 31.3 Å². The lowest BCUT2D eigenvalue weighted by Gasteiger charge is -2.31.